The fourth-order valence-electron chi connectivity index (χ4n) is 2.01. The highest BCUT2D eigenvalue weighted by Gasteiger charge is 2.43. The van der Waals surface area contributed by atoms with Gasteiger partial charge in [-0.05, 0) is 43.4 Å². The van der Waals surface area contributed by atoms with Crippen LogP contribution in [0.2, 0.25) is 0 Å². The van der Waals surface area contributed by atoms with Crippen molar-refractivity contribution in [3.05, 3.63) is 29.3 Å². The molecule has 0 aromatic heterocycles. The van der Waals surface area contributed by atoms with Gasteiger partial charge < -0.3 is 5.32 Å². The van der Waals surface area contributed by atoms with Gasteiger partial charge in [0.1, 0.15) is 0 Å². The van der Waals surface area contributed by atoms with Gasteiger partial charge in [-0.25, -0.2) is 0 Å². The summed E-state index contributed by atoms with van der Waals surface area (Å²) in [5.74, 6) is 0. The first-order valence-corrected chi connectivity index (χ1v) is 6.14. The van der Waals surface area contributed by atoms with Crippen LogP contribution in [0.15, 0.2) is 18.2 Å². The molecule has 1 aliphatic rings. The minimum atomic E-state index is -4.46. The molecule has 0 saturated heterocycles. The molecular formula is C14H15F3N2. The van der Waals surface area contributed by atoms with Crippen LogP contribution in [-0.4, -0.2) is 6.04 Å². The average molecular weight is 268 g/mol. The molecular weight excluding hydrogens is 253 g/mol. The van der Waals surface area contributed by atoms with E-state index >= 15 is 0 Å². The van der Waals surface area contributed by atoms with Crippen molar-refractivity contribution in [2.45, 2.75) is 38.9 Å². The van der Waals surface area contributed by atoms with E-state index in [0.29, 0.717) is 0 Å². The van der Waals surface area contributed by atoms with Gasteiger partial charge in [-0.3, -0.25) is 0 Å². The normalized spacial score (nSPS) is 18.5. The molecule has 0 spiro atoms. The summed E-state index contributed by atoms with van der Waals surface area (Å²) in [7, 11) is 0. The van der Waals surface area contributed by atoms with Crippen LogP contribution >= 0.6 is 0 Å². The van der Waals surface area contributed by atoms with Crippen LogP contribution in [0.3, 0.4) is 0 Å². The van der Waals surface area contributed by atoms with Crippen LogP contribution in [0, 0.1) is 16.7 Å². The quantitative estimate of drug-likeness (QED) is 0.892. The molecule has 0 bridgehead atoms. The summed E-state index contributed by atoms with van der Waals surface area (Å²) >= 11 is 0. The largest absolute Gasteiger partial charge is 0.418 e. The number of benzene rings is 1. The van der Waals surface area contributed by atoms with E-state index in [9.17, 15) is 13.2 Å². The SMILES string of the molecule is CC(Nc1ccc(C#N)cc1C(F)(F)F)C1(C)CC1. The summed E-state index contributed by atoms with van der Waals surface area (Å²) in [4.78, 5) is 0. The molecule has 1 atom stereocenters. The van der Waals surface area contributed by atoms with Gasteiger partial charge in [0.25, 0.3) is 0 Å². The number of alkyl halides is 3. The predicted molar refractivity (Wildman–Crippen MR) is 66.6 cm³/mol. The van der Waals surface area contributed by atoms with Crippen LogP contribution in [0.4, 0.5) is 18.9 Å². The molecule has 1 saturated carbocycles. The van der Waals surface area contributed by atoms with Crippen LogP contribution in [-0.2, 0) is 6.18 Å². The highest BCUT2D eigenvalue weighted by Crippen LogP contribution is 2.49. The summed E-state index contributed by atoms with van der Waals surface area (Å²) in [6.07, 6.45) is -2.41. The molecule has 0 aliphatic heterocycles. The number of nitrogens with one attached hydrogen (secondary N) is 1. The van der Waals surface area contributed by atoms with Gasteiger partial charge in [-0.1, -0.05) is 6.92 Å². The minimum Gasteiger partial charge on any atom is -0.382 e. The standard InChI is InChI=1S/C14H15F3N2/c1-9(13(2)5-6-13)19-12-4-3-10(8-18)7-11(12)14(15,16)17/h3-4,7,9,19H,5-6H2,1-2H3. The Balaban J connectivity index is 2.32. The third-order valence-corrected chi connectivity index (χ3v) is 3.91. The molecule has 102 valence electrons. The van der Waals surface area contributed by atoms with E-state index in [0.717, 1.165) is 18.9 Å². The first kappa shape index (κ1) is 13.7. The van der Waals surface area contributed by atoms with E-state index < -0.39 is 11.7 Å². The Morgan fingerprint density at radius 1 is 1.37 bits per heavy atom. The Kier molecular flexibility index (Phi) is 3.21. The van der Waals surface area contributed by atoms with E-state index in [1.54, 1.807) is 6.07 Å². The molecule has 2 rings (SSSR count). The second-order valence-electron chi connectivity index (χ2n) is 5.39. The van der Waals surface area contributed by atoms with Crippen molar-refractivity contribution in [3.8, 4) is 6.07 Å². The summed E-state index contributed by atoms with van der Waals surface area (Å²) in [5.41, 5.74) is -0.630. The van der Waals surface area contributed by atoms with Gasteiger partial charge in [0, 0.05) is 11.7 Å². The molecule has 0 radical (unpaired) electrons. The van der Waals surface area contributed by atoms with Crippen LogP contribution < -0.4 is 5.32 Å². The van der Waals surface area contributed by atoms with Crippen LogP contribution in [0.5, 0.6) is 0 Å². The van der Waals surface area contributed by atoms with Gasteiger partial charge in [0.15, 0.2) is 0 Å². The van der Waals surface area contributed by atoms with Crippen molar-refractivity contribution >= 4 is 5.69 Å². The lowest BCUT2D eigenvalue weighted by Gasteiger charge is -2.24. The van der Waals surface area contributed by atoms with Crippen LogP contribution in [0.1, 0.15) is 37.8 Å². The lowest BCUT2D eigenvalue weighted by molar-refractivity contribution is -0.137. The van der Waals surface area contributed by atoms with Crippen molar-refractivity contribution in [2.24, 2.45) is 5.41 Å². The van der Waals surface area contributed by atoms with Crippen molar-refractivity contribution in [2.75, 3.05) is 5.32 Å². The molecule has 0 amide bonds. The number of halogens is 3. The molecule has 0 heterocycles. The Morgan fingerprint density at radius 3 is 2.47 bits per heavy atom. The number of hydrogen-bond acceptors (Lipinski definition) is 2. The number of nitriles is 1. The zero-order valence-corrected chi connectivity index (χ0v) is 10.8. The topological polar surface area (TPSA) is 35.8 Å². The van der Waals surface area contributed by atoms with E-state index in [1.165, 1.54) is 12.1 Å². The van der Waals surface area contributed by atoms with Crippen molar-refractivity contribution in [1.29, 1.82) is 5.26 Å². The minimum absolute atomic E-state index is 0.0168. The third kappa shape index (κ3) is 2.83. The maximum atomic E-state index is 13.0. The van der Waals surface area contributed by atoms with Crippen molar-refractivity contribution in [3.63, 3.8) is 0 Å². The second kappa shape index (κ2) is 4.44. The summed E-state index contributed by atoms with van der Waals surface area (Å²) in [6, 6.07) is 5.34. The van der Waals surface area contributed by atoms with Gasteiger partial charge >= 0.3 is 6.18 Å². The fourth-order valence-corrected chi connectivity index (χ4v) is 2.01. The molecule has 1 N–H and O–H groups in total. The lowest BCUT2D eigenvalue weighted by atomic mass is 9.99. The Morgan fingerprint density at radius 2 is 2.00 bits per heavy atom. The van der Waals surface area contributed by atoms with E-state index in [1.807, 2.05) is 6.92 Å². The zero-order chi connectivity index (χ0) is 14.3. The average Bonchev–Trinajstić information content (AvgIpc) is 3.08. The fraction of sp³-hybridized carbons (Fsp3) is 0.500. The second-order valence-corrected chi connectivity index (χ2v) is 5.39. The lowest BCUT2D eigenvalue weighted by Crippen LogP contribution is -2.26. The number of hydrogen-bond donors (Lipinski definition) is 1. The molecule has 1 aliphatic carbocycles. The molecule has 19 heavy (non-hydrogen) atoms. The molecule has 1 aromatic rings. The number of anilines is 1. The van der Waals surface area contributed by atoms with E-state index in [-0.39, 0.29) is 22.7 Å². The van der Waals surface area contributed by atoms with Gasteiger partial charge in [-0.2, -0.15) is 18.4 Å². The number of rotatable bonds is 3. The zero-order valence-electron chi connectivity index (χ0n) is 10.8. The monoisotopic (exact) mass is 268 g/mol. The highest BCUT2D eigenvalue weighted by molar-refractivity contribution is 5.57. The van der Waals surface area contributed by atoms with E-state index in [2.05, 4.69) is 12.2 Å². The van der Waals surface area contributed by atoms with Gasteiger partial charge in [-0.15, -0.1) is 0 Å². The first-order chi connectivity index (χ1) is 8.76. The Hall–Kier alpha value is -1.70. The van der Waals surface area contributed by atoms with Crippen molar-refractivity contribution in [1.82, 2.24) is 0 Å². The summed E-state index contributed by atoms with van der Waals surface area (Å²) < 4.78 is 38.9. The molecule has 1 fully saturated rings. The Labute approximate surface area is 110 Å². The van der Waals surface area contributed by atoms with Gasteiger partial charge in [0.2, 0.25) is 0 Å². The number of nitrogens with zero attached hydrogens (tertiary/aromatic N) is 1. The molecule has 1 unspecified atom stereocenters. The highest BCUT2D eigenvalue weighted by atomic mass is 19.4. The summed E-state index contributed by atoms with van der Waals surface area (Å²) in [5, 5.41) is 11.6. The molecule has 1 aromatic carbocycles. The third-order valence-electron chi connectivity index (χ3n) is 3.91. The molecule has 2 nitrogen and oxygen atoms in total. The van der Waals surface area contributed by atoms with Crippen LogP contribution in [0.25, 0.3) is 0 Å². The maximum Gasteiger partial charge on any atom is 0.418 e. The molecule has 5 heteroatoms. The predicted octanol–water partition coefficient (Wildman–Crippen LogP) is 4.18. The van der Waals surface area contributed by atoms with E-state index in [4.69, 9.17) is 5.26 Å². The smallest absolute Gasteiger partial charge is 0.382 e. The van der Waals surface area contributed by atoms with Crippen molar-refractivity contribution < 1.29 is 13.2 Å². The Bertz CT molecular complexity index is 524. The summed E-state index contributed by atoms with van der Waals surface area (Å²) in [6.45, 7) is 3.95. The maximum absolute atomic E-state index is 13.0. The van der Waals surface area contributed by atoms with Gasteiger partial charge in [0.05, 0.1) is 17.2 Å². The first-order valence-electron chi connectivity index (χ1n) is 6.14.